The Labute approximate surface area is 144 Å². The second-order valence-electron chi connectivity index (χ2n) is 6.57. The highest BCUT2D eigenvalue weighted by molar-refractivity contribution is 5.81. The van der Waals surface area contributed by atoms with E-state index in [2.05, 4.69) is 41.1 Å². The van der Waals surface area contributed by atoms with Crippen LogP contribution in [0.5, 0.6) is 0 Å². The average Bonchev–Trinajstić information content (AvgIpc) is 2.66. The van der Waals surface area contributed by atoms with Crippen molar-refractivity contribution in [2.75, 3.05) is 13.6 Å². The maximum atomic E-state index is 12.9. The van der Waals surface area contributed by atoms with Crippen molar-refractivity contribution in [2.24, 2.45) is 0 Å². The lowest BCUT2D eigenvalue weighted by Crippen LogP contribution is -2.48. The van der Waals surface area contributed by atoms with Gasteiger partial charge in [-0.25, -0.2) is 0 Å². The van der Waals surface area contributed by atoms with Crippen molar-refractivity contribution in [2.45, 2.75) is 38.9 Å². The average molecular weight is 323 g/mol. The molecule has 0 aliphatic carbocycles. The number of aromatic nitrogens is 1. The number of fused-ring (bicyclic) bond motifs is 1. The Kier molecular flexibility index (Phi) is 4.95. The van der Waals surface area contributed by atoms with Crippen LogP contribution in [0.15, 0.2) is 48.8 Å². The minimum Gasteiger partial charge on any atom is -0.338 e. The fourth-order valence-corrected chi connectivity index (χ4v) is 3.36. The van der Waals surface area contributed by atoms with Gasteiger partial charge in [-0.15, -0.1) is 0 Å². The van der Waals surface area contributed by atoms with Crippen LogP contribution >= 0.6 is 0 Å². The maximum Gasteiger partial charge on any atom is 0.239 e. The van der Waals surface area contributed by atoms with Gasteiger partial charge in [-0.3, -0.25) is 14.7 Å². The van der Waals surface area contributed by atoms with E-state index < -0.39 is 0 Å². The number of amides is 1. The Morgan fingerprint density at radius 3 is 2.50 bits per heavy atom. The molecule has 0 fully saturated rings. The van der Waals surface area contributed by atoms with Gasteiger partial charge < -0.3 is 4.90 Å². The van der Waals surface area contributed by atoms with Gasteiger partial charge in [0.05, 0.1) is 12.1 Å². The van der Waals surface area contributed by atoms with Crippen molar-refractivity contribution in [3.05, 3.63) is 65.5 Å². The zero-order valence-electron chi connectivity index (χ0n) is 14.6. The first-order valence-corrected chi connectivity index (χ1v) is 8.55. The number of carbonyl (C=O) groups excluding carboxylic acids is 1. The SMILES string of the molecule is C[C@@H](C(=O)N(C)[C@@H](C)c1ccncc1)N1CCc2ccccc2C1. The van der Waals surface area contributed by atoms with Crippen LogP contribution in [0.3, 0.4) is 0 Å². The lowest BCUT2D eigenvalue weighted by Gasteiger charge is -2.36. The van der Waals surface area contributed by atoms with E-state index in [0.717, 1.165) is 25.1 Å². The normalized spacial score (nSPS) is 17.0. The third-order valence-electron chi connectivity index (χ3n) is 5.18. The molecule has 4 nitrogen and oxygen atoms in total. The van der Waals surface area contributed by atoms with Gasteiger partial charge in [-0.1, -0.05) is 24.3 Å². The Morgan fingerprint density at radius 2 is 1.79 bits per heavy atom. The molecule has 24 heavy (non-hydrogen) atoms. The van der Waals surface area contributed by atoms with E-state index in [1.165, 1.54) is 11.1 Å². The Balaban J connectivity index is 1.69. The molecule has 4 heteroatoms. The molecule has 1 aliphatic rings. The molecule has 3 rings (SSSR count). The third-order valence-corrected chi connectivity index (χ3v) is 5.18. The van der Waals surface area contributed by atoms with Crippen molar-refractivity contribution in [3.8, 4) is 0 Å². The molecule has 0 radical (unpaired) electrons. The molecule has 126 valence electrons. The second kappa shape index (κ2) is 7.14. The molecule has 0 spiro atoms. The number of benzene rings is 1. The fraction of sp³-hybridized carbons (Fsp3) is 0.400. The number of hydrogen-bond donors (Lipinski definition) is 0. The summed E-state index contributed by atoms with van der Waals surface area (Å²) < 4.78 is 0. The number of hydrogen-bond acceptors (Lipinski definition) is 3. The zero-order valence-corrected chi connectivity index (χ0v) is 14.6. The summed E-state index contributed by atoms with van der Waals surface area (Å²) in [5.41, 5.74) is 3.86. The summed E-state index contributed by atoms with van der Waals surface area (Å²) in [6.07, 6.45) is 4.56. The summed E-state index contributed by atoms with van der Waals surface area (Å²) in [5.74, 6) is 0.165. The highest BCUT2D eigenvalue weighted by atomic mass is 16.2. The van der Waals surface area contributed by atoms with E-state index in [9.17, 15) is 4.79 Å². The van der Waals surface area contributed by atoms with Crippen LogP contribution in [0.25, 0.3) is 0 Å². The molecule has 0 saturated heterocycles. The van der Waals surface area contributed by atoms with E-state index in [4.69, 9.17) is 0 Å². The zero-order chi connectivity index (χ0) is 17.1. The lowest BCUT2D eigenvalue weighted by molar-refractivity contribution is -0.137. The molecule has 2 atom stereocenters. The van der Waals surface area contributed by atoms with Gasteiger partial charge in [0.25, 0.3) is 0 Å². The molecule has 1 aromatic carbocycles. The molecule has 1 aromatic heterocycles. The van der Waals surface area contributed by atoms with Gasteiger partial charge in [-0.2, -0.15) is 0 Å². The number of rotatable bonds is 4. The second-order valence-corrected chi connectivity index (χ2v) is 6.57. The molecular weight excluding hydrogens is 298 g/mol. The van der Waals surface area contributed by atoms with Crippen molar-refractivity contribution >= 4 is 5.91 Å². The Hall–Kier alpha value is -2.20. The first-order chi connectivity index (χ1) is 11.6. The van der Waals surface area contributed by atoms with Gasteiger partial charge in [-0.05, 0) is 49.1 Å². The fourth-order valence-electron chi connectivity index (χ4n) is 3.36. The van der Waals surface area contributed by atoms with Crippen LogP contribution in [0.1, 0.15) is 36.6 Å². The minimum absolute atomic E-state index is 0.0417. The molecule has 1 amide bonds. The topological polar surface area (TPSA) is 36.4 Å². The standard InChI is InChI=1S/C20H25N3O/c1-15(17-8-11-21-12-9-17)22(3)20(24)16(2)23-13-10-18-6-4-5-7-19(18)14-23/h4-9,11-12,15-16H,10,13-14H2,1-3H3/t15-,16-/m0/s1. The summed E-state index contributed by atoms with van der Waals surface area (Å²) in [6.45, 7) is 5.86. The largest absolute Gasteiger partial charge is 0.338 e. The molecule has 0 bridgehead atoms. The number of likely N-dealkylation sites (N-methyl/N-ethyl adjacent to an activating group) is 1. The van der Waals surface area contributed by atoms with E-state index in [1.807, 2.05) is 31.0 Å². The van der Waals surface area contributed by atoms with E-state index in [1.54, 1.807) is 12.4 Å². The monoisotopic (exact) mass is 323 g/mol. The third kappa shape index (κ3) is 3.34. The van der Waals surface area contributed by atoms with E-state index in [0.29, 0.717) is 0 Å². The highest BCUT2D eigenvalue weighted by Gasteiger charge is 2.29. The molecule has 2 heterocycles. The summed E-state index contributed by atoms with van der Waals surface area (Å²) in [6, 6.07) is 12.4. The quantitative estimate of drug-likeness (QED) is 0.868. The minimum atomic E-state index is -0.118. The van der Waals surface area contributed by atoms with Crippen molar-refractivity contribution < 1.29 is 4.79 Å². The molecule has 0 N–H and O–H groups in total. The van der Waals surface area contributed by atoms with Crippen molar-refractivity contribution in [1.82, 2.24) is 14.8 Å². The van der Waals surface area contributed by atoms with Gasteiger partial charge in [0.1, 0.15) is 0 Å². The van der Waals surface area contributed by atoms with Crippen molar-refractivity contribution in [1.29, 1.82) is 0 Å². The van der Waals surface area contributed by atoms with Gasteiger partial charge in [0.2, 0.25) is 5.91 Å². The van der Waals surface area contributed by atoms with Crippen LogP contribution in [0.4, 0.5) is 0 Å². The summed E-state index contributed by atoms with van der Waals surface area (Å²) >= 11 is 0. The van der Waals surface area contributed by atoms with Gasteiger partial charge in [0, 0.05) is 32.5 Å². The molecular formula is C20H25N3O. The predicted molar refractivity (Wildman–Crippen MR) is 95.4 cm³/mol. The number of pyridine rings is 1. The van der Waals surface area contributed by atoms with E-state index >= 15 is 0 Å². The smallest absolute Gasteiger partial charge is 0.239 e. The van der Waals surface area contributed by atoms with Crippen LogP contribution < -0.4 is 0 Å². The van der Waals surface area contributed by atoms with Gasteiger partial charge >= 0.3 is 0 Å². The Bertz CT molecular complexity index is 701. The lowest BCUT2D eigenvalue weighted by atomic mass is 9.98. The number of nitrogens with zero attached hydrogens (tertiary/aromatic N) is 3. The summed E-state index contributed by atoms with van der Waals surface area (Å²) in [5, 5.41) is 0. The highest BCUT2D eigenvalue weighted by Crippen LogP contribution is 2.23. The van der Waals surface area contributed by atoms with Gasteiger partial charge in [0.15, 0.2) is 0 Å². The first kappa shape index (κ1) is 16.7. The molecule has 2 aromatic rings. The molecule has 1 aliphatic heterocycles. The Morgan fingerprint density at radius 1 is 1.12 bits per heavy atom. The van der Waals surface area contributed by atoms with Crippen LogP contribution in [0.2, 0.25) is 0 Å². The van der Waals surface area contributed by atoms with Crippen LogP contribution in [-0.4, -0.2) is 40.3 Å². The molecule has 0 unspecified atom stereocenters. The van der Waals surface area contributed by atoms with Crippen molar-refractivity contribution in [3.63, 3.8) is 0 Å². The predicted octanol–water partition coefficient (Wildman–Crippen LogP) is 3.05. The number of carbonyl (C=O) groups is 1. The summed E-state index contributed by atoms with van der Waals surface area (Å²) in [7, 11) is 1.89. The molecule has 0 saturated carbocycles. The first-order valence-electron chi connectivity index (χ1n) is 8.55. The van der Waals surface area contributed by atoms with Crippen LogP contribution in [0, 0.1) is 0 Å². The van der Waals surface area contributed by atoms with Crippen LogP contribution in [-0.2, 0) is 17.8 Å². The maximum absolute atomic E-state index is 12.9. The summed E-state index contributed by atoms with van der Waals surface area (Å²) in [4.78, 5) is 21.1. The van der Waals surface area contributed by atoms with E-state index in [-0.39, 0.29) is 18.0 Å².